The van der Waals surface area contributed by atoms with Crippen LogP contribution in [0.25, 0.3) is 0 Å². The molecular weight excluding hydrogens is 295 g/mol. The quantitative estimate of drug-likeness (QED) is 0.930. The Morgan fingerprint density at radius 1 is 1.00 bits per heavy atom. The summed E-state index contributed by atoms with van der Waals surface area (Å²) in [5.41, 5.74) is 8.71. The predicted molar refractivity (Wildman–Crippen MR) is 76.9 cm³/mol. The van der Waals surface area contributed by atoms with Gasteiger partial charge in [0.2, 0.25) is 0 Å². The number of rotatable bonds is 4. The molecule has 0 saturated heterocycles. The van der Waals surface area contributed by atoms with Gasteiger partial charge < -0.3 is 15.2 Å². The highest BCUT2D eigenvalue weighted by Gasteiger charge is 2.31. The molecule has 3 nitrogen and oxygen atoms in total. The van der Waals surface area contributed by atoms with Gasteiger partial charge >= 0.3 is 6.36 Å². The van der Waals surface area contributed by atoms with Gasteiger partial charge in [-0.05, 0) is 47.9 Å². The van der Waals surface area contributed by atoms with Crippen LogP contribution >= 0.6 is 0 Å². The summed E-state index contributed by atoms with van der Waals surface area (Å²) in [6.07, 6.45) is -4.70. The van der Waals surface area contributed by atoms with Crippen molar-refractivity contribution in [2.24, 2.45) is 5.73 Å². The summed E-state index contributed by atoms with van der Waals surface area (Å²) in [5.74, 6) is 0.456. The summed E-state index contributed by atoms with van der Waals surface area (Å²) in [4.78, 5) is 0. The molecular formula is C16H16F3NO2. The Balaban J connectivity index is 2.21. The fourth-order valence-corrected chi connectivity index (χ4v) is 2.18. The molecule has 0 aliphatic heterocycles. The normalized spacial score (nSPS) is 12.8. The molecule has 22 heavy (non-hydrogen) atoms. The minimum absolute atomic E-state index is 0.269. The van der Waals surface area contributed by atoms with Crippen molar-refractivity contribution in [3.63, 3.8) is 0 Å². The lowest BCUT2D eigenvalue weighted by Gasteiger charge is -2.17. The van der Waals surface area contributed by atoms with Crippen LogP contribution in [0.5, 0.6) is 11.5 Å². The summed E-state index contributed by atoms with van der Waals surface area (Å²) in [7, 11) is 1.58. The minimum Gasteiger partial charge on any atom is -0.497 e. The van der Waals surface area contributed by atoms with E-state index in [0.29, 0.717) is 5.56 Å². The van der Waals surface area contributed by atoms with Gasteiger partial charge in [0, 0.05) is 0 Å². The van der Waals surface area contributed by atoms with Crippen molar-refractivity contribution in [2.75, 3.05) is 7.11 Å². The standard InChI is InChI=1S/C16H16F3NO2/c1-10-9-13(21-2)7-8-14(10)15(20)11-3-5-12(6-4-11)22-16(17,18)19/h3-9,15H,20H2,1-2H3/t15-/m0/s1. The number of hydrogen-bond acceptors (Lipinski definition) is 3. The van der Waals surface area contributed by atoms with Crippen molar-refractivity contribution in [1.29, 1.82) is 0 Å². The maximum Gasteiger partial charge on any atom is 0.573 e. The first-order valence-corrected chi connectivity index (χ1v) is 6.56. The lowest BCUT2D eigenvalue weighted by atomic mass is 9.95. The first-order valence-electron chi connectivity index (χ1n) is 6.56. The zero-order valence-corrected chi connectivity index (χ0v) is 12.1. The highest BCUT2D eigenvalue weighted by molar-refractivity contribution is 5.42. The second-order valence-corrected chi connectivity index (χ2v) is 4.82. The fraction of sp³-hybridized carbons (Fsp3) is 0.250. The molecule has 2 aromatic rings. The van der Waals surface area contributed by atoms with Crippen molar-refractivity contribution in [1.82, 2.24) is 0 Å². The number of alkyl halides is 3. The molecule has 0 aliphatic rings. The summed E-state index contributed by atoms with van der Waals surface area (Å²) in [6, 6.07) is 10.6. The van der Waals surface area contributed by atoms with Crippen LogP contribution in [0.15, 0.2) is 42.5 Å². The largest absolute Gasteiger partial charge is 0.573 e. The van der Waals surface area contributed by atoms with Crippen LogP contribution in [0.3, 0.4) is 0 Å². The Kier molecular flexibility index (Phi) is 4.61. The van der Waals surface area contributed by atoms with Crippen LogP contribution in [0, 0.1) is 6.92 Å². The summed E-state index contributed by atoms with van der Waals surface area (Å²) in [6.45, 7) is 1.90. The zero-order valence-electron chi connectivity index (χ0n) is 12.1. The molecule has 0 amide bonds. The predicted octanol–water partition coefficient (Wildman–Crippen LogP) is 3.95. The Morgan fingerprint density at radius 3 is 2.09 bits per heavy atom. The number of nitrogens with two attached hydrogens (primary N) is 1. The van der Waals surface area contributed by atoms with Gasteiger partial charge in [0.1, 0.15) is 11.5 Å². The van der Waals surface area contributed by atoms with E-state index in [4.69, 9.17) is 10.5 Å². The fourth-order valence-electron chi connectivity index (χ4n) is 2.18. The number of aryl methyl sites for hydroxylation is 1. The number of benzene rings is 2. The van der Waals surface area contributed by atoms with Crippen LogP contribution in [0.1, 0.15) is 22.7 Å². The topological polar surface area (TPSA) is 44.5 Å². The average Bonchev–Trinajstić information content (AvgIpc) is 2.45. The third kappa shape index (κ3) is 3.92. The van der Waals surface area contributed by atoms with Gasteiger partial charge in [0.05, 0.1) is 13.2 Å². The lowest BCUT2D eigenvalue weighted by Crippen LogP contribution is -2.17. The molecule has 0 bridgehead atoms. The van der Waals surface area contributed by atoms with Crippen LogP contribution in [0.2, 0.25) is 0 Å². The molecule has 0 radical (unpaired) electrons. The number of hydrogen-bond donors (Lipinski definition) is 1. The van der Waals surface area contributed by atoms with Gasteiger partial charge in [-0.25, -0.2) is 0 Å². The minimum atomic E-state index is -4.70. The number of methoxy groups -OCH3 is 1. The molecule has 0 aromatic heterocycles. The van der Waals surface area contributed by atoms with Crippen LogP contribution in [-0.2, 0) is 0 Å². The van der Waals surface area contributed by atoms with Gasteiger partial charge in [0.15, 0.2) is 0 Å². The molecule has 2 rings (SSSR count). The third-order valence-electron chi connectivity index (χ3n) is 3.28. The first kappa shape index (κ1) is 16.2. The lowest BCUT2D eigenvalue weighted by molar-refractivity contribution is -0.274. The second-order valence-electron chi connectivity index (χ2n) is 4.82. The zero-order chi connectivity index (χ0) is 16.3. The highest BCUT2D eigenvalue weighted by atomic mass is 19.4. The monoisotopic (exact) mass is 311 g/mol. The Labute approximate surface area is 126 Å². The molecule has 0 saturated carbocycles. The van der Waals surface area contributed by atoms with Gasteiger partial charge in [-0.3, -0.25) is 0 Å². The molecule has 0 unspecified atom stereocenters. The molecule has 0 heterocycles. The smallest absolute Gasteiger partial charge is 0.497 e. The van der Waals surface area contributed by atoms with Gasteiger partial charge in [0.25, 0.3) is 0 Å². The maximum absolute atomic E-state index is 12.1. The van der Waals surface area contributed by atoms with Gasteiger partial charge in [-0.1, -0.05) is 18.2 Å². The van der Waals surface area contributed by atoms with E-state index in [9.17, 15) is 13.2 Å². The number of halogens is 3. The summed E-state index contributed by atoms with van der Waals surface area (Å²) in [5, 5.41) is 0. The highest BCUT2D eigenvalue weighted by Crippen LogP contribution is 2.28. The molecule has 6 heteroatoms. The molecule has 2 aromatic carbocycles. The number of ether oxygens (including phenoxy) is 2. The Morgan fingerprint density at radius 2 is 1.59 bits per heavy atom. The van der Waals surface area contributed by atoms with Crippen LogP contribution in [-0.4, -0.2) is 13.5 Å². The van der Waals surface area contributed by atoms with Gasteiger partial charge in [-0.15, -0.1) is 13.2 Å². The van der Waals surface area contributed by atoms with Crippen LogP contribution in [0.4, 0.5) is 13.2 Å². The van der Waals surface area contributed by atoms with E-state index in [2.05, 4.69) is 4.74 Å². The second kappa shape index (κ2) is 6.27. The van der Waals surface area contributed by atoms with E-state index in [-0.39, 0.29) is 5.75 Å². The molecule has 1 atom stereocenters. The summed E-state index contributed by atoms with van der Waals surface area (Å²) < 4.78 is 45.4. The van der Waals surface area contributed by atoms with Crippen molar-refractivity contribution < 1.29 is 22.6 Å². The molecule has 0 spiro atoms. The van der Waals surface area contributed by atoms with E-state index < -0.39 is 12.4 Å². The van der Waals surface area contributed by atoms with Crippen molar-refractivity contribution in [3.05, 3.63) is 59.2 Å². The van der Waals surface area contributed by atoms with Crippen molar-refractivity contribution in [3.8, 4) is 11.5 Å². The molecule has 0 fully saturated rings. The van der Waals surface area contributed by atoms with Crippen molar-refractivity contribution in [2.45, 2.75) is 19.3 Å². The summed E-state index contributed by atoms with van der Waals surface area (Å²) >= 11 is 0. The average molecular weight is 311 g/mol. The molecule has 2 N–H and O–H groups in total. The van der Waals surface area contributed by atoms with E-state index in [1.165, 1.54) is 24.3 Å². The Bertz CT molecular complexity index is 639. The van der Waals surface area contributed by atoms with Crippen LogP contribution < -0.4 is 15.2 Å². The van der Waals surface area contributed by atoms with E-state index in [0.717, 1.165) is 16.9 Å². The van der Waals surface area contributed by atoms with Crippen molar-refractivity contribution >= 4 is 0 Å². The van der Waals surface area contributed by atoms with E-state index in [1.807, 2.05) is 19.1 Å². The van der Waals surface area contributed by atoms with E-state index in [1.54, 1.807) is 13.2 Å². The molecule has 118 valence electrons. The molecule has 0 aliphatic carbocycles. The first-order chi connectivity index (χ1) is 10.3. The Hall–Kier alpha value is -2.21. The SMILES string of the molecule is COc1ccc([C@@H](N)c2ccc(OC(F)(F)F)cc2)c(C)c1. The third-order valence-corrected chi connectivity index (χ3v) is 3.28. The van der Waals surface area contributed by atoms with E-state index >= 15 is 0 Å². The maximum atomic E-state index is 12.1. The van der Waals surface area contributed by atoms with Gasteiger partial charge in [-0.2, -0.15) is 0 Å².